The molecule has 0 heterocycles. The molecular weight excluding hydrogens is 270 g/mol. The maximum Gasteiger partial charge on any atom is 0.131 e. The molecule has 0 aromatic heterocycles. The number of anilines is 1. The molecule has 2 aromatic rings. The lowest BCUT2D eigenvalue weighted by molar-refractivity contribution is 0.402. The first-order valence-corrected chi connectivity index (χ1v) is 6.91. The van der Waals surface area contributed by atoms with E-state index in [0.29, 0.717) is 5.56 Å². The molecule has 0 aliphatic heterocycles. The van der Waals surface area contributed by atoms with Gasteiger partial charge < -0.3 is 10.2 Å². The van der Waals surface area contributed by atoms with Crippen LogP contribution in [0.1, 0.15) is 24.1 Å². The van der Waals surface area contributed by atoms with E-state index in [9.17, 15) is 8.78 Å². The van der Waals surface area contributed by atoms with Crippen LogP contribution >= 0.6 is 0 Å². The molecular formula is C17H20F2N2. The van der Waals surface area contributed by atoms with E-state index < -0.39 is 11.6 Å². The number of hydrogen-bond acceptors (Lipinski definition) is 2. The summed E-state index contributed by atoms with van der Waals surface area (Å²) in [6.45, 7) is 2.73. The van der Waals surface area contributed by atoms with Gasteiger partial charge in [-0.3, -0.25) is 0 Å². The van der Waals surface area contributed by atoms with Crippen molar-refractivity contribution in [2.45, 2.75) is 19.5 Å². The smallest absolute Gasteiger partial charge is 0.131 e. The Morgan fingerprint density at radius 2 is 1.71 bits per heavy atom. The average molecular weight is 290 g/mol. The Labute approximate surface area is 124 Å². The van der Waals surface area contributed by atoms with E-state index in [1.165, 1.54) is 17.7 Å². The molecule has 1 atom stereocenters. The molecule has 2 nitrogen and oxygen atoms in total. The maximum absolute atomic E-state index is 13.7. The fourth-order valence-corrected chi connectivity index (χ4v) is 2.25. The Hall–Kier alpha value is -1.94. The van der Waals surface area contributed by atoms with Crippen LogP contribution in [0.5, 0.6) is 0 Å². The van der Waals surface area contributed by atoms with Crippen molar-refractivity contribution in [2.24, 2.45) is 0 Å². The normalized spacial score (nSPS) is 12.5. The summed E-state index contributed by atoms with van der Waals surface area (Å²) < 4.78 is 26.6. The molecule has 0 aliphatic rings. The zero-order valence-corrected chi connectivity index (χ0v) is 12.5. The monoisotopic (exact) mass is 290 g/mol. The Bertz CT molecular complexity index is 594. The number of hydrogen-bond donors (Lipinski definition) is 1. The van der Waals surface area contributed by atoms with Gasteiger partial charge in [-0.15, -0.1) is 0 Å². The van der Waals surface area contributed by atoms with Crippen molar-refractivity contribution in [1.82, 2.24) is 4.90 Å². The molecule has 0 saturated heterocycles. The molecule has 0 saturated carbocycles. The molecule has 0 bridgehead atoms. The molecule has 0 spiro atoms. The zero-order chi connectivity index (χ0) is 15.4. The summed E-state index contributed by atoms with van der Waals surface area (Å²) in [5.41, 5.74) is 2.58. The van der Waals surface area contributed by atoms with Crippen molar-refractivity contribution in [3.63, 3.8) is 0 Å². The molecule has 4 heteroatoms. The van der Waals surface area contributed by atoms with Gasteiger partial charge in [0, 0.05) is 23.9 Å². The third kappa shape index (κ3) is 4.26. The third-order valence-electron chi connectivity index (χ3n) is 3.26. The second kappa shape index (κ2) is 6.68. The van der Waals surface area contributed by atoms with Crippen LogP contribution < -0.4 is 5.32 Å². The highest BCUT2D eigenvalue weighted by Crippen LogP contribution is 2.22. The third-order valence-corrected chi connectivity index (χ3v) is 3.26. The molecule has 1 unspecified atom stereocenters. The van der Waals surface area contributed by atoms with E-state index in [1.807, 2.05) is 45.3 Å². The predicted molar refractivity (Wildman–Crippen MR) is 82.2 cm³/mol. The van der Waals surface area contributed by atoms with E-state index in [-0.39, 0.29) is 6.04 Å². The lowest BCUT2D eigenvalue weighted by Crippen LogP contribution is -2.11. The van der Waals surface area contributed by atoms with E-state index in [1.54, 1.807) is 0 Å². The van der Waals surface area contributed by atoms with Gasteiger partial charge in [-0.1, -0.05) is 18.2 Å². The minimum atomic E-state index is -0.559. The van der Waals surface area contributed by atoms with E-state index >= 15 is 0 Å². The van der Waals surface area contributed by atoms with Crippen LogP contribution in [-0.4, -0.2) is 19.0 Å². The first-order valence-electron chi connectivity index (χ1n) is 6.91. The quantitative estimate of drug-likeness (QED) is 0.888. The van der Waals surface area contributed by atoms with E-state index in [0.717, 1.165) is 18.3 Å². The Morgan fingerprint density at radius 3 is 2.29 bits per heavy atom. The number of halogens is 2. The lowest BCUT2D eigenvalue weighted by atomic mass is 10.1. The van der Waals surface area contributed by atoms with Gasteiger partial charge in [0.2, 0.25) is 0 Å². The number of benzene rings is 2. The summed E-state index contributed by atoms with van der Waals surface area (Å²) in [4.78, 5) is 2.10. The van der Waals surface area contributed by atoms with Gasteiger partial charge in [0.05, 0.1) is 6.04 Å². The van der Waals surface area contributed by atoms with Crippen molar-refractivity contribution in [3.05, 3.63) is 65.2 Å². The molecule has 2 aromatic carbocycles. The van der Waals surface area contributed by atoms with Crippen molar-refractivity contribution >= 4 is 5.69 Å². The van der Waals surface area contributed by atoms with Gasteiger partial charge >= 0.3 is 0 Å². The van der Waals surface area contributed by atoms with Crippen LogP contribution in [0.4, 0.5) is 14.5 Å². The van der Waals surface area contributed by atoms with Crippen LogP contribution in [-0.2, 0) is 6.54 Å². The van der Waals surface area contributed by atoms with Crippen LogP contribution in [0.2, 0.25) is 0 Å². The van der Waals surface area contributed by atoms with Gasteiger partial charge in [-0.05, 0) is 44.8 Å². The summed E-state index contributed by atoms with van der Waals surface area (Å²) in [6, 6.07) is 11.4. The van der Waals surface area contributed by atoms with Gasteiger partial charge in [0.15, 0.2) is 0 Å². The molecule has 0 radical (unpaired) electrons. The largest absolute Gasteiger partial charge is 0.378 e. The number of nitrogens with zero attached hydrogens (tertiary/aromatic N) is 1. The minimum Gasteiger partial charge on any atom is -0.378 e. The van der Waals surface area contributed by atoms with Gasteiger partial charge in [-0.25, -0.2) is 8.78 Å². The highest BCUT2D eigenvalue weighted by molar-refractivity contribution is 5.46. The summed E-state index contributed by atoms with van der Waals surface area (Å²) in [5, 5.41) is 3.22. The van der Waals surface area contributed by atoms with Gasteiger partial charge in [-0.2, -0.15) is 0 Å². The Kier molecular flexibility index (Phi) is 4.91. The molecule has 1 N–H and O–H groups in total. The average Bonchev–Trinajstić information content (AvgIpc) is 2.40. The predicted octanol–water partition coefficient (Wildman–Crippen LogP) is 4.20. The molecule has 112 valence electrons. The van der Waals surface area contributed by atoms with Gasteiger partial charge in [0.1, 0.15) is 11.6 Å². The van der Waals surface area contributed by atoms with Crippen molar-refractivity contribution < 1.29 is 8.78 Å². The Morgan fingerprint density at radius 1 is 1.05 bits per heavy atom. The van der Waals surface area contributed by atoms with Crippen LogP contribution in [0.3, 0.4) is 0 Å². The number of nitrogens with one attached hydrogen (secondary N) is 1. The lowest BCUT2D eigenvalue weighted by Gasteiger charge is -2.17. The molecule has 2 rings (SSSR count). The van der Waals surface area contributed by atoms with Crippen molar-refractivity contribution in [2.75, 3.05) is 19.4 Å². The standard InChI is InChI=1S/C17H20F2N2/c1-12(16-9-6-14(18)10-17(16)19)20-15-7-4-13(5-8-15)11-21(2)3/h4-10,12,20H,11H2,1-3H3. The summed E-state index contributed by atoms with van der Waals surface area (Å²) >= 11 is 0. The molecule has 0 amide bonds. The fraction of sp³-hybridized carbons (Fsp3) is 0.294. The molecule has 0 aliphatic carbocycles. The van der Waals surface area contributed by atoms with E-state index in [2.05, 4.69) is 10.2 Å². The van der Waals surface area contributed by atoms with Crippen molar-refractivity contribution in [1.29, 1.82) is 0 Å². The molecule has 0 fully saturated rings. The fourth-order valence-electron chi connectivity index (χ4n) is 2.25. The van der Waals surface area contributed by atoms with Crippen LogP contribution in [0.25, 0.3) is 0 Å². The van der Waals surface area contributed by atoms with Crippen LogP contribution in [0.15, 0.2) is 42.5 Å². The SMILES string of the molecule is CC(Nc1ccc(CN(C)C)cc1)c1ccc(F)cc1F. The first-order chi connectivity index (χ1) is 9.95. The minimum absolute atomic E-state index is 0.231. The maximum atomic E-state index is 13.7. The second-order valence-corrected chi connectivity index (χ2v) is 5.47. The highest BCUT2D eigenvalue weighted by Gasteiger charge is 2.11. The summed E-state index contributed by atoms with van der Waals surface area (Å²) in [7, 11) is 4.04. The first kappa shape index (κ1) is 15.4. The number of rotatable bonds is 5. The second-order valence-electron chi connectivity index (χ2n) is 5.47. The topological polar surface area (TPSA) is 15.3 Å². The Balaban J connectivity index is 2.06. The van der Waals surface area contributed by atoms with Gasteiger partial charge in [0.25, 0.3) is 0 Å². The summed E-state index contributed by atoms with van der Waals surface area (Å²) in [5.74, 6) is -1.09. The molecule has 21 heavy (non-hydrogen) atoms. The zero-order valence-electron chi connectivity index (χ0n) is 12.5. The highest BCUT2D eigenvalue weighted by atomic mass is 19.1. The summed E-state index contributed by atoms with van der Waals surface area (Å²) in [6.07, 6.45) is 0. The van der Waals surface area contributed by atoms with E-state index in [4.69, 9.17) is 0 Å². The van der Waals surface area contributed by atoms with Crippen LogP contribution in [0, 0.1) is 11.6 Å². The van der Waals surface area contributed by atoms with Crippen molar-refractivity contribution in [3.8, 4) is 0 Å².